The van der Waals surface area contributed by atoms with E-state index in [1.54, 1.807) is 32.0 Å². The zero-order chi connectivity index (χ0) is 15.0. The second-order valence-electron chi connectivity index (χ2n) is 4.62. The lowest BCUT2D eigenvalue weighted by Crippen LogP contribution is -2.12. The Morgan fingerprint density at radius 2 is 2.00 bits per heavy atom. The van der Waals surface area contributed by atoms with E-state index in [-0.39, 0.29) is 11.0 Å². The van der Waals surface area contributed by atoms with Gasteiger partial charge in [0.25, 0.3) is 0 Å². The molecule has 0 spiro atoms. The number of tetrazole rings is 1. The van der Waals surface area contributed by atoms with Crippen LogP contribution < -0.4 is 9.47 Å². The molecule has 0 fully saturated rings. The predicted octanol–water partition coefficient (Wildman–Crippen LogP) is 1.13. The molecule has 3 rings (SSSR count). The van der Waals surface area contributed by atoms with Crippen molar-refractivity contribution in [1.29, 1.82) is 0 Å². The van der Waals surface area contributed by atoms with E-state index < -0.39 is 0 Å². The number of methoxy groups -OCH3 is 2. The van der Waals surface area contributed by atoms with Crippen LogP contribution in [-0.4, -0.2) is 45.5 Å². The average Bonchev–Trinajstić information content (AvgIpc) is 3.03. The monoisotopic (exact) mass is 306 g/mol. The third-order valence-electron chi connectivity index (χ3n) is 3.40. The number of nitrogens with zero attached hydrogens (tertiary/aromatic N) is 4. The smallest absolute Gasteiger partial charge is 0.209 e. The van der Waals surface area contributed by atoms with Gasteiger partial charge in [-0.2, -0.15) is 0 Å². The van der Waals surface area contributed by atoms with Crippen molar-refractivity contribution in [2.75, 3.05) is 14.2 Å². The van der Waals surface area contributed by atoms with Crippen molar-refractivity contribution in [2.45, 2.75) is 16.8 Å². The number of aryl methyl sites for hydroxylation is 1. The zero-order valence-corrected chi connectivity index (χ0v) is 12.7. The van der Waals surface area contributed by atoms with E-state index in [2.05, 4.69) is 15.5 Å². The number of hydrogen-bond donors (Lipinski definition) is 0. The highest BCUT2D eigenvalue weighted by Gasteiger charge is 2.34. The summed E-state index contributed by atoms with van der Waals surface area (Å²) in [6.07, 6.45) is 0.631. The minimum Gasteiger partial charge on any atom is -0.493 e. The Kier molecular flexibility index (Phi) is 3.54. The molecule has 1 aliphatic carbocycles. The lowest BCUT2D eigenvalue weighted by Gasteiger charge is -2.09. The molecule has 110 valence electrons. The van der Waals surface area contributed by atoms with Crippen LogP contribution in [0.25, 0.3) is 0 Å². The van der Waals surface area contributed by atoms with E-state index in [0.717, 1.165) is 5.56 Å². The Balaban J connectivity index is 1.90. The van der Waals surface area contributed by atoms with Gasteiger partial charge in [-0.1, -0.05) is 11.8 Å². The molecule has 1 aromatic carbocycles. The fraction of sp³-hybridized carbons (Fsp3) is 0.385. The zero-order valence-electron chi connectivity index (χ0n) is 11.9. The number of carbonyl (C=O) groups is 1. The molecule has 8 heteroatoms. The fourth-order valence-corrected chi connectivity index (χ4v) is 3.35. The van der Waals surface area contributed by atoms with Crippen molar-refractivity contribution in [3.05, 3.63) is 23.3 Å². The SMILES string of the molecule is COc1cc2c(cc1OC)C(=O)[C@@H](Sc1nnnn1C)C2. The summed E-state index contributed by atoms with van der Waals surface area (Å²) in [4.78, 5) is 12.5. The number of aromatic nitrogens is 4. The van der Waals surface area contributed by atoms with Crippen molar-refractivity contribution >= 4 is 17.5 Å². The van der Waals surface area contributed by atoms with Gasteiger partial charge in [-0.25, -0.2) is 4.68 Å². The Hall–Kier alpha value is -2.09. The summed E-state index contributed by atoms with van der Waals surface area (Å²) in [6, 6.07) is 3.60. The summed E-state index contributed by atoms with van der Waals surface area (Å²) in [7, 11) is 4.89. The van der Waals surface area contributed by atoms with Gasteiger partial charge < -0.3 is 9.47 Å². The number of thioether (sulfide) groups is 1. The molecule has 7 nitrogen and oxygen atoms in total. The molecule has 0 aliphatic heterocycles. The van der Waals surface area contributed by atoms with Crippen LogP contribution >= 0.6 is 11.8 Å². The molecule has 0 N–H and O–H groups in total. The Morgan fingerprint density at radius 1 is 1.29 bits per heavy atom. The number of Topliss-reactive ketones (excluding diaryl/α,β-unsaturated/α-hetero) is 1. The van der Waals surface area contributed by atoms with Gasteiger partial charge in [0.2, 0.25) is 5.16 Å². The summed E-state index contributed by atoms with van der Waals surface area (Å²) < 4.78 is 12.1. The second-order valence-corrected chi connectivity index (χ2v) is 5.79. The Bertz CT molecular complexity index is 701. The van der Waals surface area contributed by atoms with Gasteiger partial charge in [0.05, 0.1) is 19.5 Å². The number of hydrogen-bond acceptors (Lipinski definition) is 7. The van der Waals surface area contributed by atoms with Crippen molar-refractivity contribution < 1.29 is 14.3 Å². The number of ether oxygens (including phenoxy) is 2. The van der Waals surface area contributed by atoms with Gasteiger partial charge in [-0.15, -0.1) is 5.10 Å². The van der Waals surface area contributed by atoms with E-state index in [1.165, 1.54) is 11.8 Å². The number of benzene rings is 1. The maximum atomic E-state index is 12.5. The molecule has 1 aliphatic rings. The molecule has 21 heavy (non-hydrogen) atoms. The predicted molar refractivity (Wildman–Crippen MR) is 76.0 cm³/mol. The Morgan fingerprint density at radius 3 is 2.62 bits per heavy atom. The molecule has 2 aromatic rings. The van der Waals surface area contributed by atoms with Crippen molar-refractivity contribution in [1.82, 2.24) is 20.2 Å². The van der Waals surface area contributed by atoms with Crippen LogP contribution in [0.4, 0.5) is 0 Å². The van der Waals surface area contributed by atoms with Gasteiger partial charge in [0.1, 0.15) is 0 Å². The van der Waals surface area contributed by atoms with E-state index in [1.807, 2.05) is 6.07 Å². The molecule has 0 amide bonds. The molecule has 0 radical (unpaired) electrons. The van der Waals surface area contributed by atoms with Crippen LogP contribution in [0.1, 0.15) is 15.9 Å². The fourth-order valence-electron chi connectivity index (χ4n) is 2.33. The average molecular weight is 306 g/mol. The van der Waals surface area contributed by atoms with Gasteiger partial charge in [-0.3, -0.25) is 4.79 Å². The number of carbonyl (C=O) groups excluding carboxylic acids is 1. The lowest BCUT2D eigenvalue weighted by molar-refractivity contribution is 0.1000. The van der Waals surface area contributed by atoms with Gasteiger partial charge >= 0.3 is 0 Å². The quantitative estimate of drug-likeness (QED) is 0.837. The summed E-state index contributed by atoms with van der Waals surface area (Å²) >= 11 is 1.37. The van der Waals surface area contributed by atoms with Crippen LogP contribution in [0.2, 0.25) is 0 Å². The van der Waals surface area contributed by atoms with Crippen LogP contribution in [-0.2, 0) is 13.5 Å². The highest BCUT2D eigenvalue weighted by Crippen LogP contribution is 2.39. The van der Waals surface area contributed by atoms with E-state index in [4.69, 9.17) is 9.47 Å². The van der Waals surface area contributed by atoms with Crippen molar-refractivity contribution in [3.63, 3.8) is 0 Å². The maximum Gasteiger partial charge on any atom is 0.209 e. The molecular weight excluding hydrogens is 292 g/mol. The first-order valence-electron chi connectivity index (χ1n) is 6.32. The topological polar surface area (TPSA) is 79.1 Å². The van der Waals surface area contributed by atoms with Crippen molar-refractivity contribution in [3.8, 4) is 11.5 Å². The first-order valence-corrected chi connectivity index (χ1v) is 7.20. The van der Waals surface area contributed by atoms with Crippen molar-refractivity contribution in [2.24, 2.45) is 7.05 Å². The highest BCUT2D eigenvalue weighted by atomic mass is 32.2. The molecule has 0 saturated heterocycles. The normalized spacial score (nSPS) is 16.9. The third-order valence-corrected chi connectivity index (χ3v) is 4.62. The first kappa shape index (κ1) is 13.9. The number of fused-ring (bicyclic) bond motifs is 1. The standard InChI is InChI=1S/C13H14N4O3S/c1-17-13(14-15-16-17)21-11-5-7-4-9(19-2)10(20-3)6-8(7)12(11)18/h4,6,11H,5H2,1-3H3/t11-/m0/s1. The largest absolute Gasteiger partial charge is 0.493 e. The molecule has 1 heterocycles. The summed E-state index contributed by atoms with van der Waals surface area (Å²) in [5, 5.41) is 11.7. The summed E-state index contributed by atoms with van der Waals surface area (Å²) in [5.74, 6) is 1.27. The molecule has 1 aromatic heterocycles. The van der Waals surface area contributed by atoms with E-state index in [0.29, 0.717) is 28.6 Å². The van der Waals surface area contributed by atoms with Crippen LogP contribution in [0.3, 0.4) is 0 Å². The van der Waals surface area contributed by atoms with Gasteiger partial charge in [-0.05, 0) is 34.5 Å². The van der Waals surface area contributed by atoms with E-state index in [9.17, 15) is 4.79 Å². The second kappa shape index (κ2) is 5.36. The van der Waals surface area contributed by atoms with Gasteiger partial charge in [0, 0.05) is 12.6 Å². The van der Waals surface area contributed by atoms with Crippen LogP contribution in [0.5, 0.6) is 11.5 Å². The lowest BCUT2D eigenvalue weighted by atomic mass is 10.1. The number of rotatable bonds is 4. The van der Waals surface area contributed by atoms with E-state index >= 15 is 0 Å². The molecule has 0 saturated carbocycles. The van der Waals surface area contributed by atoms with Crippen LogP contribution in [0.15, 0.2) is 17.3 Å². The summed E-state index contributed by atoms with van der Waals surface area (Å²) in [6.45, 7) is 0. The minimum atomic E-state index is -0.221. The minimum absolute atomic E-state index is 0.0685. The molecule has 0 unspecified atom stereocenters. The Labute approximate surface area is 125 Å². The highest BCUT2D eigenvalue weighted by molar-refractivity contribution is 8.00. The summed E-state index contributed by atoms with van der Waals surface area (Å²) in [5.41, 5.74) is 1.64. The van der Waals surface area contributed by atoms with Crippen LogP contribution in [0, 0.1) is 0 Å². The maximum absolute atomic E-state index is 12.5. The molecule has 0 bridgehead atoms. The molecular formula is C13H14N4O3S. The first-order chi connectivity index (χ1) is 10.1. The molecule has 1 atom stereocenters. The number of ketones is 1. The third kappa shape index (κ3) is 2.35. The van der Waals surface area contributed by atoms with Gasteiger partial charge in [0.15, 0.2) is 17.3 Å².